The lowest BCUT2D eigenvalue weighted by Crippen LogP contribution is -2.04. The lowest BCUT2D eigenvalue weighted by Gasteiger charge is -2.06. The molecule has 0 N–H and O–H groups in total. The van der Waals surface area contributed by atoms with Gasteiger partial charge in [-0.1, -0.05) is 24.3 Å². The van der Waals surface area contributed by atoms with Crippen LogP contribution < -0.4 is 4.74 Å². The van der Waals surface area contributed by atoms with Gasteiger partial charge in [-0.15, -0.1) is 0 Å². The summed E-state index contributed by atoms with van der Waals surface area (Å²) in [7, 11) is 0.475. The number of rotatable bonds is 6. The van der Waals surface area contributed by atoms with Gasteiger partial charge in [0.1, 0.15) is 17.3 Å². The zero-order valence-corrected chi connectivity index (χ0v) is 17.1. The van der Waals surface area contributed by atoms with E-state index in [2.05, 4.69) is 60.4 Å². The first-order valence-corrected chi connectivity index (χ1v) is 11.7. The smallest absolute Gasteiger partial charge is 0.128 e. The Kier molecular flexibility index (Phi) is 5.13. The van der Waals surface area contributed by atoms with Crippen LogP contribution in [0.2, 0.25) is 0 Å². The fourth-order valence-electron chi connectivity index (χ4n) is 3.64. The second-order valence-corrected chi connectivity index (χ2v) is 9.51. The monoisotopic (exact) mass is 376 g/mol. The van der Waals surface area contributed by atoms with Crippen LogP contribution in [0.4, 0.5) is 0 Å². The van der Waals surface area contributed by atoms with Gasteiger partial charge in [-0.3, -0.25) is 0 Å². The molecule has 0 aliphatic carbocycles. The third-order valence-electron chi connectivity index (χ3n) is 4.99. The molecule has 0 atom stereocenters. The van der Waals surface area contributed by atoms with E-state index in [1.165, 1.54) is 33.1 Å². The molecule has 0 unspecified atom stereocenters. The second kappa shape index (κ2) is 7.69. The molecule has 0 saturated carbocycles. The van der Waals surface area contributed by atoms with Crippen molar-refractivity contribution in [2.75, 3.05) is 18.3 Å². The van der Waals surface area contributed by atoms with Crippen molar-refractivity contribution in [3.05, 3.63) is 72.3 Å². The average molecular weight is 377 g/mol. The molecule has 0 saturated heterocycles. The molecule has 3 aromatic carbocycles. The Morgan fingerprint density at radius 1 is 0.815 bits per heavy atom. The molecular weight excluding hydrogens is 350 g/mol. The molecule has 0 aliphatic heterocycles. The van der Waals surface area contributed by atoms with Crippen LogP contribution in [0.25, 0.3) is 21.8 Å². The summed E-state index contributed by atoms with van der Waals surface area (Å²) in [4.78, 5) is 0. The highest BCUT2D eigenvalue weighted by molar-refractivity contribution is 7.95. The van der Waals surface area contributed by atoms with Gasteiger partial charge in [-0.25, -0.2) is 0 Å². The average Bonchev–Trinajstić information content (AvgIpc) is 2.99. The first-order valence-electron chi connectivity index (χ1n) is 9.47. The van der Waals surface area contributed by atoms with Crippen molar-refractivity contribution in [1.29, 1.82) is 0 Å². The van der Waals surface area contributed by atoms with E-state index in [-0.39, 0.29) is 0 Å². The van der Waals surface area contributed by atoms with Gasteiger partial charge in [-0.2, -0.15) is 0 Å². The number of ether oxygens (including phenoxy) is 1. The van der Waals surface area contributed by atoms with Gasteiger partial charge in [0.2, 0.25) is 0 Å². The number of hydrogen-bond acceptors (Lipinski definition) is 1. The highest BCUT2D eigenvalue weighted by Gasteiger charge is 2.12. The minimum atomic E-state index is 0.475. The zero-order chi connectivity index (χ0) is 18.8. The fraction of sp³-hybridized carbons (Fsp3) is 0.250. The summed E-state index contributed by atoms with van der Waals surface area (Å²) in [5, 5.41) is 2.60. The number of benzene rings is 3. The maximum absolute atomic E-state index is 6.08. The number of aryl methyl sites for hydroxylation is 2. The number of fused-ring (bicyclic) bond motifs is 3. The maximum atomic E-state index is 6.08. The van der Waals surface area contributed by atoms with Crippen LogP contribution in [-0.4, -0.2) is 22.8 Å². The first-order chi connectivity index (χ1) is 13.2. The van der Waals surface area contributed by atoms with E-state index in [1.54, 1.807) is 0 Å². The molecular formula is C24H26NOS+. The fourth-order valence-corrected chi connectivity index (χ4v) is 4.28. The largest absolute Gasteiger partial charge is 0.457 e. The van der Waals surface area contributed by atoms with Crippen molar-refractivity contribution in [2.24, 2.45) is 0 Å². The summed E-state index contributed by atoms with van der Waals surface area (Å²) < 4.78 is 8.47. The molecule has 0 spiro atoms. The van der Waals surface area contributed by atoms with E-state index in [1.807, 2.05) is 30.3 Å². The number of para-hydroxylation sites is 1. The molecule has 0 fully saturated rings. The van der Waals surface area contributed by atoms with Crippen LogP contribution >= 0.6 is 0 Å². The molecule has 3 heteroatoms. The van der Waals surface area contributed by atoms with E-state index in [9.17, 15) is 0 Å². The lowest BCUT2D eigenvalue weighted by molar-refractivity contribution is 0.483. The highest BCUT2D eigenvalue weighted by Crippen LogP contribution is 2.34. The van der Waals surface area contributed by atoms with Gasteiger partial charge >= 0.3 is 0 Å². The van der Waals surface area contributed by atoms with E-state index in [0.29, 0.717) is 10.9 Å². The van der Waals surface area contributed by atoms with Crippen LogP contribution in [0.15, 0.2) is 66.7 Å². The van der Waals surface area contributed by atoms with Crippen molar-refractivity contribution in [3.63, 3.8) is 0 Å². The topological polar surface area (TPSA) is 14.2 Å². The van der Waals surface area contributed by atoms with Crippen LogP contribution in [0.3, 0.4) is 0 Å². The second-order valence-electron chi connectivity index (χ2n) is 7.13. The Labute approximate surface area is 164 Å². The molecule has 0 radical (unpaired) electrons. The van der Waals surface area contributed by atoms with Crippen molar-refractivity contribution in [2.45, 2.75) is 19.9 Å². The Morgan fingerprint density at radius 3 is 2.22 bits per heavy atom. The van der Waals surface area contributed by atoms with Crippen LogP contribution in [0.5, 0.6) is 11.5 Å². The number of nitrogens with zero attached hydrogens (tertiary/aromatic N) is 1. The molecule has 0 bridgehead atoms. The molecule has 0 aliphatic rings. The van der Waals surface area contributed by atoms with Crippen molar-refractivity contribution < 1.29 is 4.74 Å². The van der Waals surface area contributed by atoms with E-state index < -0.39 is 0 Å². The van der Waals surface area contributed by atoms with Gasteiger partial charge in [0.25, 0.3) is 0 Å². The standard InChI is InChI=1S/C24H26NOS/c1-4-25-23-12-10-18(14-15-27(2)3)16-21(23)22-17-20(11-13-24(22)25)26-19-8-6-5-7-9-19/h5-13,16-17H,4,14-15H2,1-3H3/q+1. The van der Waals surface area contributed by atoms with E-state index >= 15 is 0 Å². The lowest BCUT2D eigenvalue weighted by atomic mass is 10.1. The summed E-state index contributed by atoms with van der Waals surface area (Å²) in [6.45, 7) is 3.17. The predicted molar refractivity (Wildman–Crippen MR) is 119 cm³/mol. The zero-order valence-electron chi connectivity index (χ0n) is 16.2. The summed E-state index contributed by atoms with van der Waals surface area (Å²) in [6.07, 6.45) is 5.77. The van der Waals surface area contributed by atoms with E-state index in [4.69, 9.17) is 4.74 Å². The van der Waals surface area contributed by atoms with Gasteiger partial charge in [0, 0.05) is 34.8 Å². The first kappa shape index (κ1) is 18.0. The highest BCUT2D eigenvalue weighted by atomic mass is 32.2. The third kappa shape index (κ3) is 3.70. The SMILES string of the molecule is CCn1c2ccc(CC[S+](C)C)cc2c2cc(Oc3ccccc3)ccc21. The molecule has 27 heavy (non-hydrogen) atoms. The molecule has 0 amide bonds. The number of aromatic nitrogens is 1. The summed E-state index contributed by atoms with van der Waals surface area (Å²) in [5.41, 5.74) is 4.00. The van der Waals surface area contributed by atoms with Crippen LogP contribution in [0.1, 0.15) is 12.5 Å². The minimum absolute atomic E-state index is 0.475. The molecule has 2 nitrogen and oxygen atoms in total. The van der Waals surface area contributed by atoms with Crippen LogP contribution in [-0.2, 0) is 23.9 Å². The van der Waals surface area contributed by atoms with Gasteiger partial charge in [0.05, 0.1) is 12.5 Å². The maximum Gasteiger partial charge on any atom is 0.128 e. The van der Waals surface area contributed by atoms with Crippen molar-refractivity contribution in [3.8, 4) is 11.5 Å². The minimum Gasteiger partial charge on any atom is -0.457 e. The predicted octanol–water partition coefficient (Wildman–Crippen LogP) is 6.03. The Morgan fingerprint density at radius 2 is 1.52 bits per heavy atom. The van der Waals surface area contributed by atoms with Crippen molar-refractivity contribution >= 4 is 32.7 Å². The van der Waals surface area contributed by atoms with Gasteiger partial charge in [0.15, 0.2) is 0 Å². The molecule has 1 heterocycles. The molecule has 4 aromatic rings. The summed E-state index contributed by atoms with van der Waals surface area (Å²) in [6, 6.07) is 23.4. The number of hydrogen-bond donors (Lipinski definition) is 0. The third-order valence-corrected chi connectivity index (χ3v) is 6.02. The molecule has 1 aromatic heterocycles. The molecule has 138 valence electrons. The Balaban J connectivity index is 1.79. The van der Waals surface area contributed by atoms with Crippen molar-refractivity contribution in [1.82, 2.24) is 4.57 Å². The quantitative estimate of drug-likeness (QED) is 0.375. The normalized spacial score (nSPS) is 11.6. The summed E-state index contributed by atoms with van der Waals surface area (Å²) >= 11 is 0. The Hall–Kier alpha value is -2.39. The van der Waals surface area contributed by atoms with Gasteiger partial charge < -0.3 is 9.30 Å². The van der Waals surface area contributed by atoms with Crippen LogP contribution in [0, 0.1) is 0 Å². The van der Waals surface area contributed by atoms with E-state index in [0.717, 1.165) is 24.5 Å². The summed E-state index contributed by atoms with van der Waals surface area (Å²) in [5.74, 6) is 3.01. The molecule has 4 rings (SSSR count). The van der Waals surface area contributed by atoms with Gasteiger partial charge in [-0.05, 0) is 65.8 Å². The Bertz CT molecular complexity index is 1070.